The smallest absolute Gasteiger partial charge is 0.152 e. The molecule has 0 unspecified atom stereocenters. The van der Waals surface area contributed by atoms with Gasteiger partial charge < -0.3 is 9.72 Å². The highest BCUT2D eigenvalue weighted by Crippen LogP contribution is 2.33. The lowest BCUT2D eigenvalue weighted by molar-refractivity contribution is 0.112. The van der Waals surface area contributed by atoms with Crippen molar-refractivity contribution in [1.82, 2.24) is 4.98 Å². The minimum atomic E-state index is 0.431. The van der Waals surface area contributed by atoms with E-state index in [9.17, 15) is 4.79 Å². The third kappa shape index (κ3) is 2.63. The maximum Gasteiger partial charge on any atom is 0.152 e. The molecule has 0 aliphatic rings. The summed E-state index contributed by atoms with van der Waals surface area (Å²) in [6.45, 7) is 6.31. The minimum Gasteiger partial charge on any atom is -0.496 e. The number of fused-ring (bicyclic) bond motifs is 1. The standard InChI is InChI=1S/C20H21NO2/c1-12(2)14-5-7-18-16(10-14)17(11-22)20(21-18)15-6-8-19(23-4)13(3)9-15/h5-12,21H,1-4H3. The summed E-state index contributed by atoms with van der Waals surface area (Å²) in [6.07, 6.45) is 0.942. The second-order valence-corrected chi connectivity index (χ2v) is 6.18. The van der Waals surface area contributed by atoms with Crippen molar-refractivity contribution in [3.8, 4) is 17.0 Å². The van der Waals surface area contributed by atoms with E-state index in [0.29, 0.717) is 11.5 Å². The van der Waals surface area contributed by atoms with Crippen molar-refractivity contribution in [2.45, 2.75) is 26.7 Å². The number of hydrogen-bond donors (Lipinski definition) is 1. The van der Waals surface area contributed by atoms with Gasteiger partial charge in [-0.2, -0.15) is 0 Å². The first-order valence-electron chi connectivity index (χ1n) is 7.81. The number of aryl methyl sites for hydroxylation is 1. The zero-order valence-electron chi connectivity index (χ0n) is 13.9. The van der Waals surface area contributed by atoms with Crippen molar-refractivity contribution < 1.29 is 9.53 Å². The van der Waals surface area contributed by atoms with E-state index in [4.69, 9.17) is 4.74 Å². The Labute approximate surface area is 136 Å². The van der Waals surface area contributed by atoms with E-state index >= 15 is 0 Å². The summed E-state index contributed by atoms with van der Waals surface area (Å²) in [5.41, 5.74) is 5.84. The van der Waals surface area contributed by atoms with Gasteiger partial charge in [0.1, 0.15) is 5.75 Å². The van der Waals surface area contributed by atoms with E-state index in [1.807, 2.05) is 25.1 Å². The number of methoxy groups -OCH3 is 1. The number of rotatable bonds is 4. The zero-order chi connectivity index (χ0) is 16.6. The van der Waals surface area contributed by atoms with Gasteiger partial charge in [-0.1, -0.05) is 19.9 Å². The van der Waals surface area contributed by atoms with Crippen LogP contribution >= 0.6 is 0 Å². The van der Waals surface area contributed by atoms with Gasteiger partial charge >= 0.3 is 0 Å². The molecule has 0 atom stereocenters. The Morgan fingerprint density at radius 1 is 1.13 bits per heavy atom. The summed E-state index contributed by atoms with van der Waals surface area (Å²) in [5.74, 6) is 1.28. The summed E-state index contributed by atoms with van der Waals surface area (Å²) in [7, 11) is 1.66. The van der Waals surface area contributed by atoms with Crippen LogP contribution in [0.2, 0.25) is 0 Å². The topological polar surface area (TPSA) is 42.1 Å². The molecule has 1 heterocycles. The molecule has 1 N–H and O–H groups in total. The predicted octanol–water partition coefficient (Wildman–Crippen LogP) is 5.09. The molecule has 0 fully saturated rings. The largest absolute Gasteiger partial charge is 0.496 e. The van der Waals surface area contributed by atoms with Crippen LogP contribution in [0.5, 0.6) is 5.75 Å². The third-order valence-electron chi connectivity index (χ3n) is 4.33. The molecule has 0 spiro atoms. The number of aldehydes is 1. The highest BCUT2D eigenvalue weighted by Gasteiger charge is 2.14. The number of nitrogens with one attached hydrogen (secondary N) is 1. The molecule has 2 aromatic carbocycles. The fraction of sp³-hybridized carbons (Fsp3) is 0.250. The number of carbonyl (C=O) groups excluding carboxylic acids is 1. The maximum atomic E-state index is 11.7. The second kappa shape index (κ2) is 5.92. The van der Waals surface area contributed by atoms with Crippen LogP contribution in [0.25, 0.3) is 22.2 Å². The molecule has 23 heavy (non-hydrogen) atoms. The third-order valence-corrected chi connectivity index (χ3v) is 4.33. The van der Waals surface area contributed by atoms with Gasteiger partial charge in [-0.05, 0) is 59.9 Å². The van der Waals surface area contributed by atoms with Gasteiger partial charge in [0.25, 0.3) is 0 Å². The Kier molecular flexibility index (Phi) is 3.95. The number of aromatic nitrogens is 1. The molecule has 1 aromatic heterocycles. The summed E-state index contributed by atoms with van der Waals surface area (Å²) in [5, 5.41) is 0.981. The average molecular weight is 307 g/mol. The number of hydrogen-bond acceptors (Lipinski definition) is 2. The molecule has 0 radical (unpaired) electrons. The van der Waals surface area contributed by atoms with Gasteiger partial charge in [0.05, 0.1) is 12.8 Å². The Morgan fingerprint density at radius 3 is 2.52 bits per heavy atom. The lowest BCUT2D eigenvalue weighted by Crippen LogP contribution is -1.90. The number of ether oxygens (including phenoxy) is 1. The Morgan fingerprint density at radius 2 is 1.91 bits per heavy atom. The molecule has 0 bridgehead atoms. The Bertz CT molecular complexity index is 875. The van der Waals surface area contributed by atoms with E-state index in [-0.39, 0.29) is 0 Å². The van der Waals surface area contributed by atoms with Crippen LogP contribution in [0.1, 0.15) is 41.3 Å². The lowest BCUT2D eigenvalue weighted by Gasteiger charge is -2.07. The van der Waals surface area contributed by atoms with Crippen molar-refractivity contribution in [3.63, 3.8) is 0 Å². The van der Waals surface area contributed by atoms with Crippen molar-refractivity contribution >= 4 is 17.2 Å². The van der Waals surface area contributed by atoms with Gasteiger partial charge in [-0.25, -0.2) is 0 Å². The van der Waals surface area contributed by atoms with Crippen LogP contribution in [-0.4, -0.2) is 18.4 Å². The summed E-state index contributed by atoms with van der Waals surface area (Å²) in [4.78, 5) is 15.1. The molecule has 0 amide bonds. The molecule has 0 aliphatic heterocycles. The van der Waals surface area contributed by atoms with E-state index < -0.39 is 0 Å². The van der Waals surface area contributed by atoms with E-state index in [1.165, 1.54) is 5.56 Å². The lowest BCUT2D eigenvalue weighted by atomic mass is 9.99. The molecular weight excluding hydrogens is 286 g/mol. The fourth-order valence-electron chi connectivity index (χ4n) is 2.97. The van der Waals surface area contributed by atoms with Crippen molar-refractivity contribution in [3.05, 3.63) is 53.1 Å². The SMILES string of the molecule is COc1ccc(-c2[nH]c3ccc(C(C)C)cc3c2C=O)cc1C. The van der Waals surface area contributed by atoms with Crippen LogP contribution < -0.4 is 4.74 Å². The Balaban J connectivity index is 2.21. The van der Waals surface area contributed by atoms with Crippen molar-refractivity contribution in [1.29, 1.82) is 0 Å². The van der Waals surface area contributed by atoms with Gasteiger partial charge in [-0.15, -0.1) is 0 Å². The quantitative estimate of drug-likeness (QED) is 0.682. The fourth-order valence-corrected chi connectivity index (χ4v) is 2.97. The van der Waals surface area contributed by atoms with Crippen molar-refractivity contribution in [2.75, 3.05) is 7.11 Å². The number of aromatic amines is 1. The minimum absolute atomic E-state index is 0.431. The van der Waals surface area contributed by atoms with E-state index in [2.05, 4.69) is 37.0 Å². The first-order valence-corrected chi connectivity index (χ1v) is 7.81. The first-order chi connectivity index (χ1) is 11.0. The molecule has 0 saturated heterocycles. The Hall–Kier alpha value is -2.55. The zero-order valence-corrected chi connectivity index (χ0v) is 13.9. The molecule has 3 heteroatoms. The van der Waals surface area contributed by atoms with E-state index in [0.717, 1.165) is 39.8 Å². The summed E-state index contributed by atoms with van der Waals surface area (Å²) in [6, 6.07) is 12.2. The molecule has 3 aromatic rings. The molecular formula is C20H21NO2. The number of benzene rings is 2. The number of H-pyrrole nitrogens is 1. The van der Waals surface area contributed by atoms with Crippen LogP contribution in [0, 0.1) is 6.92 Å². The molecule has 118 valence electrons. The monoisotopic (exact) mass is 307 g/mol. The molecule has 0 saturated carbocycles. The second-order valence-electron chi connectivity index (χ2n) is 6.18. The average Bonchev–Trinajstić information content (AvgIpc) is 2.92. The van der Waals surface area contributed by atoms with Gasteiger partial charge in [0.15, 0.2) is 6.29 Å². The van der Waals surface area contributed by atoms with E-state index in [1.54, 1.807) is 7.11 Å². The van der Waals surface area contributed by atoms with Crippen LogP contribution in [0.3, 0.4) is 0 Å². The summed E-state index contributed by atoms with van der Waals surface area (Å²) >= 11 is 0. The number of carbonyl (C=O) groups is 1. The predicted molar refractivity (Wildman–Crippen MR) is 94.5 cm³/mol. The maximum absolute atomic E-state index is 11.7. The normalized spacial score (nSPS) is 11.2. The van der Waals surface area contributed by atoms with Gasteiger partial charge in [0, 0.05) is 16.5 Å². The van der Waals surface area contributed by atoms with Gasteiger partial charge in [0.2, 0.25) is 0 Å². The first kappa shape index (κ1) is 15.3. The molecule has 3 rings (SSSR count). The van der Waals surface area contributed by atoms with Gasteiger partial charge in [-0.3, -0.25) is 4.79 Å². The van der Waals surface area contributed by atoms with Crippen LogP contribution in [0.15, 0.2) is 36.4 Å². The summed E-state index contributed by atoms with van der Waals surface area (Å²) < 4.78 is 5.31. The highest BCUT2D eigenvalue weighted by molar-refractivity contribution is 6.04. The van der Waals surface area contributed by atoms with Crippen LogP contribution in [-0.2, 0) is 0 Å². The van der Waals surface area contributed by atoms with Crippen molar-refractivity contribution in [2.24, 2.45) is 0 Å². The molecule has 3 nitrogen and oxygen atoms in total. The highest BCUT2D eigenvalue weighted by atomic mass is 16.5. The molecule has 0 aliphatic carbocycles. The van der Waals surface area contributed by atoms with Crippen LogP contribution in [0.4, 0.5) is 0 Å².